The number of unbranched alkanes of at least 4 members (excludes halogenated alkanes) is 1. The third-order valence-electron chi connectivity index (χ3n) is 3.16. The summed E-state index contributed by atoms with van der Waals surface area (Å²) >= 11 is 0. The lowest BCUT2D eigenvalue weighted by Crippen LogP contribution is -2.22. The molecule has 2 rings (SSSR count). The van der Waals surface area contributed by atoms with E-state index >= 15 is 0 Å². The molecule has 0 saturated heterocycles. The van der Waals surface area contributed by atoms with E-state index in [4.69, 9.17) is 0 Å². The lowest BCUT2D eigenvalue weighted by molar-refractivity contribution is 0.767. The number of fused-ring (bicyclic) bond motifs is 1. The molecule has 1 N–H and O–H groups in total. The molecule has 0 spiro atoms. The summed E-state index contributed by atoms with van der Waals surface area (Å²) in [6, 6.07) is 2.15. The molecule has 2 aromatic rings. The Morgan fingerprint density at radius 2 is 2.17 bits per heavy atom. The van der Waals surface area contributed by atoms with Crippen molar-refractivity contribution in [2.45, 2.75) is 40.0 Å². The van der Waals surface area contributed by atoms with Gasteiger partial charge in [-0.1, -0.05) is 13.3 Å². The molecule has 0 fully saturated rings. The summed E-state index contributed by atoms with van der Waals surface area (Å²) in [5.74, 6) is 0.635. The number of aromatic amines is 1. The molecule has 0 aromatic carbocycles. The van der Waals surface area contributed by atoms with Gasteiger partial charge < -0.3 is 0 Å². The molecule has 2 aromatic heterocycles. The molecule has 5 heteroatoms. The smallest absolute Gasteiger partial charge is 0.274 e. The topological polar surface area (TPSA) is 73.9 Å². The molecule has 0 saturated carbocycles. The maximum Gasteiger partial charge on any atom is 0.274 e. The minimum atomic E-state index is -0.0875. The first-order valence-electron chi connectivity index (χ1n) is 6.11. The number of aryl methyl sites for hydroxylation is 1. The van der Waals surface area contributed by atoms with Crippen molar-refractivity contribution in [1.29, 1.82) is 5.26 Å². The van der Waals surface area contributed by atoms with Crippen LogP contribution in [0.3, 0.4) is 0 Å². The Bertz CT molecular complexity index is 688. The highest BCUT2D eigenvalue weighted by molar-refractivity contribution is 5.60. The Balaban J connectivity index is 2.80. The van der Waals surface area contributed by atoms with Gasteiger partial charge >= 0.3 is 0 Å². The predicted octanol–water partition coefficient (Wildman–Crippen LogP) is 1.85. The monoisotopic (exact) mass is 244 g/mol. The molecular formula is C13H16N4O. The van der Waals surface area contributed by atoms with E-state index in [1.165, 1.54) is 4.52 Å². The molecule has 0 bridgehead atoms. The fourth-order valence-electron chi connectivity index (χ4n) is 2.16. The van der Waals surface area contributed by atoms with E-state index in [2.05, 4.69) is 23.1 Å². The Labute approximate surface area is 105 Å². The second-order valence-corrected chi connectivity index (χ2v) is 4.47. The van der Waals surface area contributed by atoms with Crippen LogP contribution in [0.5, 0.6) is 0 Å². The molecule has 0 aliphatic rings. The summed E-state index contributed by atoms with van der Waals surface area (Å²) in [6.07, 6.45) is 2.67. The summed E-state index contributed by atoms with van der Waals surface area (Å²) in [5, 5.41) is 12.1. The second-order valence-electron chi connectivity index (χ2n) is 4.47. The minimum absolute atomic E-state index is 0.0875. The Kier molecular flexibility index (Phi) is 3.19. The van der Waals surface area contributed by atoms with Gasteiger partial charge in [-0.3, -0.25) is 9.89 Å². The van der Waals surface area contributed by atoms with Gasteiger partial charge in [0.1, 0.15) is 17.5 Å². The number of nitrogens with zero attached hydrogens (tertiary/aromatic N) is 3. The van der Waals surface area contributed by atoms with Crippen molar-refractivity contribution in [3.8, 4) is 6.07 Å². The van der Waals surface area contributed by atoms with Crippen molar-refractivity contribution in [3.63, 3.8) is 0 Å². The van der Waals surface area contributed by atoms with Crippen molar-refractivity contribution >= 4 is 5.65 Å². The number of pyridine rings is 1. The summed E-state index contributed by atoms with van der Waals surface area (Å²) in [5.41, 5.74) is 2.32. The highest BCUT2D eigenvalue weighted by Gasteiger charge is 2.16. The largest absolute Gasteiger partial charge is 0.276 e. The molecular weight excluding hydrogens is 228 g/mol. The first kappa shape index (κ1) is 12.4. The molecule has 0 aliphatic heterocycles. The number of hydrogen-bond acceptors (Lipinski definition) is 3. The first-order chi connectivity index (χ1) is 8.60. The van der Waals surface area contributed by atoms with E-state index in [0.29, 0.717) is 23.5 Å². The fraction of sp³-hybridized carbons (Fsp3) is 0.462. The lowest BCUT2D eigenvalue weighted by atomic mass is 10.0. The van der Waals surface area contributed by atoms with E-state index in [1.807, 2.05) is 6.92 Å². The maximum atomic E-state index is 12.3. The van der Waals surface area contributed by atoms with Crippen molar-refractivity contribution in [2.75, 3.05) is 0 Å². The average Bonchev–Trinajstić information content (AvgIpc) is 2.72. The van der Waals surface area contributed by atoms with Crippen molar-refractivity contribution in [1.82, 2.24) is 14.6 Å². The maximum absolute atomic E-state index is 12.3. The van der Waals surface area contributed by atoms with Gasteiger partial charge in [0.15, 0.2) is 5.65 Å². The highest BCUT2D eigenvalue weighted by Crippen LogP contribution is 2.16. The van der Waals surface area contributed by atoms with Crippen LogP contribution in [-0.2, 0) is 6.42 Å². The van der Waals surface area contributed by atoms with Gasteiger partial charge in [0.05, 0.1) is 0 Å². The molecule has 0 atom stereocenters. The van der Waals surface area contributed by atoms with Crippen LogP contribution in [-0.4, -0.2) is 14.6 Å². The van der Waals surface area contributed by atoms with Crippen LogP contribution in [0.15, 0.2) is 4.79 Å². The predicted molar refractivity (Wildman–Crippen MR) is 68.6 cm³/mol. The SMILES string of the molecule is CCCCc1c(C)c(C#N)c2nc(C)[nH]n2c1=O. The number of rotatable bonds is 3. The van der Waals surface area contributed by atoms with E-state index in [-0.39, 0.29) is 5.56 Å². The fourth-order valence-corrected chi connectivity index (χ4v) is 2.16. The molecule has 94 valence electrons. The summed E-state index contributed by atoms with van der Waals surface area (Å²) in [6.45, 7) is 5.68. The van der Waals surface area contributed by atoms with Crippen molar-refractivity contribution in [3.05, 3.63) is 32.9 Å². The zero-order valence-electron chi connectivity index (χ0n) is 10.9. The number of H-pyrrole nitrogens is 1. The zero-order chi connectivity index (χ0) is 13.3. The van der Waals surface area contributed by atoms with E-state index in [9.17, 15) is 10.1 Å². The zero-order valence-corrected chi connectivity index (χ0v) is 10.9. The van der Waals surface area contributed by atoms with Gasteiger partial charge in [-0.05, 0) is 32.3 Å². The van der Waals surface area contributed by atoms with Crippen molar-refractivity contribution in [2.24, 2.45) is 0 Å². The Hall–Kier alpha value is -2.09. The molecule has 18 heavy (non-hydrogen) atoms. The average molecular weight is 244 g/mol. The van der Waals surface area contributed by atoms with Gasteiger partial charge in [-0.25, -0.2) is 4.98 Å². The van der Waals surface area contributed by atoms with Gasteiger partial charge in [-0.15, -0.1) is 0 Å². The normalized spacial score (nSPS) is 10.8. The summed E-state index contributed by atoms with van der Waals surface area (Å²) in [4.78, 5) is 16.5. The molecule has 2 heterocycles. The highest BCUT2D eigenvalue weighted by atomic mass is 16.1. The van der Waals surface area contributed by atoms with Crippen LogP contribution in [0.2, 0.25) is 0 Å². The van der Waals surface area contributed by atoms with Crippen LogP contribution in [0.25, 0.3) is 5.65 Å². The van der Waals surface area contributed by atoms with Crippen LogP contribution < -0.4 is 5.56 Å². The Morgan fingerprint density at radius 3 is 2.78 bits per heavy atom. The third kappa shape index (κ3) is 1.80. The molecule has 5 nitrogen and oxygen atoms in total. The third-order valence-corrected chi connectivity index (χ3v) is 3.16. The van der Waals surface area contributed by atoms with Crippen LogP contribution in [0.4, 0.5) is 0 Å². The molecule has 0 aliphatic carbocycles. The number of nitrogens with one attached hydrogen (secondary N) is 1. The van der Waals surface area contributed by atoms with E-state index < -0.39 is 0 Å². The molecule has 0 amide bonds. The molecule has 0 unspecified atom stereocenters. The van der Waals surface area contributed by atoms with Gasteiger partial charge in [0.2, 0.25) is 0 Å². The Morgan fingerprint density at radius 1 is 1.44 bits per heavy atom. The van der Waals surface area contributed by atoms with E-state index in [0.717, 1.165) is 24.0 Å². The van der Waals surface area contributed by atoms with E-state index in [1.54, 1.807) is 6.92 Å². The second kappa shape index (κ2) is 4.65. The summed E-state index contributed by atoms with van der Waals surface area (Å²) < 4.78 is 1.38. The number of aromatic nitrogens is 3. The first-order valence-corrected chi connectivity index (χ1v) is 6.11. The van der Waals surface area contributed by atoms with Gasteiger partial charge in [0.25, 0.3) is 5.56 Å². The standard InChI is InChI=1S/C13H16N4O/c1-4-5-6-10-8(2)11(7-14)12-15-9(3)16-17(12)13(10)18/h4-6H2,1-3H3,(H,15,16). The number of nitriles is 1. The summed E-state index contributed by atoms with van der Waals surface area (Å²) in [7, 11) is 0. The molecule has 0 radical (unpaired) electrons. The minimum Gasteiger partial charge on any atom is -0.276 e. The quantitative estimate of drug-likeness (QED) is 0.895. The van der Waals surface area contributed by atoms with Gasteiger partial charge in [-0.2, -0.15) is 9.78 Å². The van der Waals surface area contributed by atoms with Gasteiger partial charge in [0, 0.05) is 5.56 Å². The van der Waals surface area contributed by atoms with Crippen LogP contribution >= 0.6 is 0 Å². The van der Waals surface area contributed by atoms with Crippen molar-refractivity contribution < 1.29 is 0 Å². The lowest BCUT2D eigenvalue weighted by Gasteiger charge is -2.07. The van der Waals surface area contributed by atoms with Crippen LogP contribution in [0.1, 0.15) is 42.3 Å². The number of hydrogen-bond donors (Lipinski definition) is 1. The van der Waals surface area contributed by atoms with Crippen LogP contribution in [0, 0.1) is 25.2 Å².